The van der Waals surface area contributed by atoms with Gasteiger partial charge in [0.2, 0.25) is 5.91 Å². The fourth-order valence-electron chi connectivity index (χ4n) is 3.40. The molecule has 1 heterocycles. The number of carbonyl (C=O) groups is 3. The molecule has 1 atom stereocenters. The molecule has 1 aliphatic heterocycles. The second-order valence-electron chi connectivity index (χ2n) is 7.35. The van der Waals surface area contributed by atoms with Crippen molar-refractivity contribution in [3.8, 4) is 0 Å². The zero-order valence-corrected chi connectivity index (χ0v) is 16.1. The molecule has 8 nitrogen and oxygen atoms in total. The lowest BCUT2D eigenvalue weighted by Gasteiger charge is -2.29. The first-order valence-electron chi connectivity index (χ1n) is 9.38. The van der Waals surface area contributed by atoms with Gasteiger partial charge in [0.25, 0.3) is 18.2 Å². The predicted molar refractivity (Wildman–Crippen MR) is 102 cm³/mol. The maximum atomic E-state index is 13.6. The molecule has 1 aliphatic carbocycles. The summed E-state index contributed by atoms with van der Waals surface area (Å²) in [6.07, 6.45) is -0.782. The number of nitrogens with one attached hydrogen (secondary N) is 1. The zero-order chi connectivity index (χ0) is 21.1. The molecule has 3 amide bonds. The third-order valence-corrected chi connectivity index (χ3v) is 5.01. The van der Waals surface area contributed by atoms with Crippen molar-refractivity contribution in [2.75, 3.05) is 43.6 Å². The molecule has 0 aromatic heterocycles. The average molecular weight is 410 g/mol. The normalized spacial score (nSPS) is 18.2. The van der Waals surface area contributed by atoms with Crippen molar-refractivity contribution in [1.82, 2.24) is 4.90 Å². The van der Waals surface area contributed by atoms with Gasteiger partial charge in [0.05, 0.1) is 12.3 Å². The van der Waals surface area contributed by atoms with Gasteiger partial charge >= 0.3 is 0 Å². The molecule has 158 valence electrons. The molecule has 0 spiro atoms. The number of morpholine rings is 1. The number of primary amides is 1. The van der Waals surface area contributed by atoms with Crippen LogP contribution in [-0.2, 0) is 19.1 Å². The van der Waals surface area contributed by atoms with Crippen LogP contribution >= 0.6 is 0 Å². The molecule has 1 saturated heterocycles. The number of nitrogens with two attached hydrogens (primary N) is 1. The van der Waals surface area contributed by atoms with E-state index in [2.05, 4.69) is 5.32 Å². The highest BCUT2D eigenvalue weighted by atomic mass is 19.3. The Hall–Kier alpha value is -2.59. The number of carbonyl (C=O) groups excluding carboxylic acids is 3. The third kappa shape index (κ3) is 5.07. The Balaban J connectivity index is 1.79. The van der Waals surface area contributed by atoms with E-state index < -0.39 is 30.2 Å². The number of alkyl halides is 2. The maximum Gasteiger partial charge on any atom is 0.265 e. The molecule has 0 unspecified atom stereocenters. The van der Waals surface area contributed by atoms with Gasteiger partial charge in [-0.25, -0.2) is 8.78 Å². The molecule has 0 radical (unpaired) electrons. The summed E-state index contributed by atoms with van der Waals surface area (Å²) >= 11 is 0. The minimum atomic E-state index is -2.86. The molecule has 29 heavy (non-hydrogen) atoms. The second-order valence-corrected chi connectivity index (χ2v) is 7.35. The lowest BCUT2D eigenvalue weighted by atomic mass is 10.1. The average Bonchev–Trinajstić information content (AvgIpc) is 3.46. The van der Waals surface area contributed by atoms with Gasteiger partial charge in [-0.15, -0.1) is 0 Å². The number of benzene rings is 1. The highest BCUT2D eigenvalue weighted by molar-refractivity contribution is 6.09. The van der Waals surface area contributed by atoms with Crippen LogP contribution in [0.25, 0.3) is 0 Å². The Bertz CT molecular complexity index is 800. The Morgan fingerprint density at radius 2 is 2.10 bits per heavy atom. The van der Waals surface area contributed by atoms with E-state index in [1.807, 2.05) is 0 Å². The molecule has 1 saturated carbocycles. The van der Waals surface area contributed by atoms with Crippen LogP contribution in [0.3, 0.4) is 0 Å². The minimum absolute atomic E-state index is 0.0728. The highest BCUT2D eigenvalue weighted by Gasteiger charge is 2.33. The number of ether oxygens (including phenoxy) is 1. The van der Waals surface area contributed by atoms with Gasteiger partial charge in [-0.1, -0.05) is 0 Å². The predicted octanol–water partition coefficient (Wildman–Crippen LogP) is 1.12. The van der Waals surface area contributed by atoms with Gasteiger partial charge in [-0.3, -0.25) is 19.3 Å². The first kappa shape index (κ1) is 21.1. The monoisotopic (exact) mass is 410 g/mol. The SMILES string of the molecule is CN(CC1CC1)[C@H](C(N)=O)C(=O)Nc1ccc(N2CCOCC2=O)c(C(F)F)c1. The van der Waals surface area contributed by atoms with Crippen LogP contribution < -0.4 is 16.0 Å². The molecule has 0 bridgehead atoms. The van der Waals surface area contributed by atoms with Crippen molar-refractivity contribution in [3.63, 3.8) is 0 Å². The van der Waals surface area contributed by atoms with E-state index in [0.717, 1.165) is 18.9 Å². The largest absolute Gasteiger partial charge is 0.370 e. The quantitative estimate of drug-likeness (QED) is 0.625. The molecular formula is C19H24F2N4O4. The Kier molecular flexibility index (Phi) is 6.43. The molecule has 3 rings (SSSR count). The summed E-state index contributed by atoms with van der Waals surface area (Å²) < 4.78 is 32.3. The van der Waals surface area contributed by atoms with E-state index in [-0.39, 0.29) is 36.7 Å². The van der Waals surface area contributed by atoms with Gasteiger partial charge in [0, 0.05) is 24.3 Å². The number of hydrogen-bond donors (Lipinski definition) is 2. The number of amides is 3. The van der Waals surface area contributed by atoms with Crippen LogP contribution in [0.2, 0.25) is 0 Å². The smallest absolute Gasteiger partial charge is 0.265 e. The van der Waals surface area contributed by atoms with Crippen LogP contribution in [0.15, 0.2) is 18.2 Å². The Morgan fingerprint density at radius 3 is 2.69 bits per heavy atom. The molecule has 10 heteroatoms. The van der Waals surface area contributed by atoms with E-state index in [0.29, 0.717) is 12.5 Å². The van der Waals surface area contributed by atoms with Gasteiger partial charge in [-0.05, 0) is 44.0 Å². The summed E-state index contributed by atoms with van der Waals surface area (Å²) in [4.78, 5) is 39.2. The third-order valence-electron chi connectivity index (χ3n) is 5.01. The van der Waals surface area contributed by atoms with Crippen molar-refractivity contribution < 1.29 is 27.9 Å². The summed E-state index contributed by atoms with van der Waals surface area (Å²) in [5.41, 5.74) is 5.17. The van der Waals surface area contributed by atoms with Gasteiger partial charge < -0.3 is 20.7 Å². The number of nitrogens with zero attached hydrogens (tertiary/aromatic N) is 2. The molecule has 2 aliphatic rings. The van der Waals surface area contributed by atoms with E-state index in [1.54, 1.807) is 11.9 Å². The van der Waals surface area contributed by atoms with Crippen molar-refractivity contribution >= 4 is 29.1 Å². The summed E-state index contributed by atoms with van der Waals surface area (Å²) in [6, 6.07) is 2.68. The van der Waals surface area contributed by atoms with Crippen molar-refractivity contribution in [2.45, 2.75) is 25.3 Å². The number of hydrogen-bond acceptors (Lipinski definition) is 5. The van der Waals surface area contributed by atoms with Crippen LogP contribution in [0, 0.1) is 5.92 Å². The van der Waals surface area contributed by atoms with E-state index in [4.69, 9.17) is 10.5 Å². The summed E-state index contributed by atoms with van der Waals surface area (Å²) in [5.74, 6) is -1.47. The molecule has 1 aromatic carbocycles. The number of rotatable bonds is 8. The Labute approximate surface area is 167 Å². The first-order valence-corrected chi connectivity index (χ1v) is 9.38. The standard InChI is InChI=1S/C19H24F2N4O4/c1-24(9-11-2-3-11)16(18(22)27)19(28)23-12-4-5-14(13(8-12)17(20)21)25-6-7-29-10-15(25)26/h4-5,8,11,16-17H,2-3,6-7,9-10H2,1H3,(H2,22,27)(H,23,28)/t16-/m1/s1. The van der Waals surface area contributed by atoms with E-state index in [1.165, 1.54) is 17.0 Å². The first-order chi connectivity index (χ1) is 13.8. The summed E-state index contributed by atoms with van der Waals surface area (Å²) in [6.45, 7) is 0.802. The highest BCUT2D eigenvalue weighted by Crippen LogP contribution is 2.33. The van der Waals surface area contributed by atoms with Crippen molar-refractivity contribution in [2.24, 2.45) is 11.7 Å². The number of likely N-dealkylation sites (N-methyl/N-ethyl adjacent to an activating group) is 1. The van der Waals surface area contributed by atoms with Crippen LogP contribution in [-0.4, -0.2) is 62.0 Å². The van der Waals surface area contributed by atoms with Gasteiger partial charge in [0.15, 0.2) is 6.04 Å². The fourth-order valence-corrected chi connectivity index (χ4v) is 3.40. The van der Waals surface area contributed by atoms with Crippen LogP contribution in [0.1, 0.15) is 24.8 Å². The molecule has 3 N–H and O–H groups in total. The van der Waals surface area contributed by atoms with Gasteiger partial charge in [0.1, 0.15) is 6.61 Å². The van der Waals surface area contributed by atoms with E-state index >= 15 is 0 Å². The number of halogens is 2. The van der Waals surface area contributed by atoms with Crippen LogP contribution in [0.4, 0.5) is 20.2 Å². The van der Waals surface area contributed by atoms with Crippen LogP contribution in [0.5, 0.6) is 0 Å². The second kappa shape index (κ2) is 8.83. The Morgan fingerprint density at radius 1 is 1.38 bits per heavy atom. The topological polar surface area (TPSA) is 105 Å². The van der Waals surface area contributed by atoms with Crippen molar-refractivity contribution in [1.29, 1.82) is 0 Å². The number of anilines is 2. The minimum Gasteiger partial charge on any atom is -0.370 e. The molecular weight excluding hydrogens is 386 g/mol. The summed E-state index contributed by atoms with van der Waals surface area (Å²) in [5, 5.41) is 2.49. The zero-order valence-electron chi connectivity index (χ0n) is 16.1. The summed E-state index contributed by atoms with van der Waals surface area (Å²) in [7, 11) is 1.63. The van der Waals surface area contributed by atoms with Gasteiger partial charge in [-0.2, -0.15) is 0 Å². The van der Waals surface area contributed by atoms with E-state index in [9.17, 15) is 23.2 Å². The lowest BCUT2D eigenvalue weighted by molar-refractivity contribution is -0.132. The molecule has 1 aromatic rings. The fraction of sp³-hybridized carbons (Fsp3) is 0.526. The lowest BCUT2D eigenvalue weighted by Crippen LogP contribution is -2.51. The maximum absolute atomic E-state index is 13.6. The molecule has 2 fully saturated rings. The van der Waals surface area contributed by atoms with Crippen molar-refractivity contribution in [3.05, 3.63) is 23.8 Å².